The van der Waals surface area contributed by atoms with E-state index in [2.05, 4.69) is 266 Å². The third kappa shape index (κ3) is 6.36. The van der Waals surface area contributed by atoms with Crippen LogP contribution in [0.5, 0.6) is 0 Å². The summed E-state index contributed by atoms with van der Waals surface area (Å²) in [6.45, 7) is 0. The number of hydrogen-bond donors (Lipinski definition) is 0. The standard InChI is InChI=1S/C67H43NS2/c1-3-18-49(19-4-1)67(50-20-5-2-6-21-50)59-27-10-7-24-58(59)65-60(67)28-15-29-61(65)68(52-39-34-45(35-40-52)47-36-41-56-54-22-8-11-30-62(54)69-64(56)43-47)51-37-32-44(33-38-51)46-16-13-17-48(42-46)53-25-14-26-57-55-23-9-12-31-63(55)70-66(53)57/h1-43H. The van der Waals surface area contributed by atoms with E-state index >= 15 is 0 Å². The Morgan fingerprint density at radius 3 is 1.51 bits per heavy atom. The Hall–Kier alpha value is -8.34. The monoisotopic (exact) mass is 925 g/mol. The predicted octanol–water partition coefficient (Wildman–Crippen LogP) is 19.3. The molecule has 14 rings (SSSR count). The predicted molar refractivity (Wildman–Crippen MR) is 301 cm³/mol. The topological polar surface area (TPSA) is 3.24 Å². The van der Waals surface area contributed by atoms with Gasteiger partial charge in [0.05, 0.1) is 11.1 Å². The minimum Gasteiger partial charge on any atom is -0.310 e. The zero-order chi connectivity index (χ0) is 46.2. The molecule has 0 fully saturated rings. The Bertz CT molecular complexity index is 4070. The molecule has 0 spiro atoms. The Labute approximate surface area is 415 Å². The summed E-state index contributed by atoms with van der Waals surface area (Å²) in [4.78, 5) is 2.48. The van der Waals surface area contributed by atoms with E-state index in [9.17, 15) is 0 Å². The van der Waals surface area contributed by atoms with Crippen molar-refractivity contribution in [1.82, 2.24) is 0 Å². The van der Waals surface area contributed by atoms with Gasteiger partial charge in [0.25, 0.3) is 0 Å². The van der Waals surface area contributed by atoms with Crippen LogP contribution in [-0.2, 0) is 5.41 Å². The van der Waals surface area contributed by atoms with Crippen molar-refractivity contribution in [2.75, 3.05) is 4.90 Å². The molecule has 0 aliphatic heterocycles. The zero-order valence-corrected chi connectivity index (χ0v) is 39.7. The first kappa shape index (κ1) is 40.7. The maximum Gasteiger partial charge on any atom is 0.0714 e. The lowest BCUT2D eigenvalue weighted by molar-refractivity contribution is 0.768. The Kier molecular flexibility index (Phi) is 9.55. The van der Waals surface area contributed by atoms with Crippen molar-refractivity contribution in [3.05, 3.63) is 283 Å². The molecule has 11 aromatic carbocycles. The van der Waals surface area contributed by atoms with E-state index in [-0.39, 0.29) is 0 Å². The van der Waals surface area contributed by atoms with E-state index in [0.29, 0.717) is 0 Å². The SMILES string of the molecule is c1ccc(C2(c3ccccc3)c3ccccc3-c3c(N(c4ccc(-c5cccc(-c6cccc7c6sc6ccccc67)c5)cc4)c4ccc(-c5ccc6c(c5)sc5ccccc56)cc4)cccc32)cc1. The minimum absolute atomic E-state index is 0.514. The van der Waals surface area contributed by atoms with Gasteiger partial charge in [-0.05, 0) is 116 Å². The van der Waals surface area contributed by atoms with Crippen LogP contribution in [0.15, 0.2) is 261 Å². The Morgan fingerprint density at radius 1 is 0.300 bits per heavy atom. The third-order valence-corrected chi connectivity index (χ3v) is 16.9. The summed E-state index contributed by atoms with van der Waals surface area (Å²) in [5, 5.41) is 5.28. The zero-order valence-electron chi connectivity index (χ0n) is 38.1. The molecule has 1 aliphatic carbocycles. The highest BCUT2D eigenvalue weighted by atomic mass is 32.1. The lowest BCUT2D eigenvalue weighted by Gasteiger charge is -2.34. The molecule has 2 heterocycles. The first-order valence-corrected chi connectivity index (χ1v) is 25.6. The third-order valence-electron chi connectivity index (χ3n) is 14.6. The molecule has 1 aliphatic rings. The van der Waals surface area contributed by atoms with Crippen molar-refractivity contribution in [2.24, 2.45) is 0 Å². The molecule has 1 nitrogen and oxygen atoms in total. The first-order chi connectivity index (χ1) is 34.7. The summed E-state index contributed by atoms with van der Waals surface area (Å²) in [7, 11) is 0. The van der Waals surface area contributed by atoms with Gasteiger partial charge in [0, 0.05) is 57.3 Å². The fourth-order valence-electron chi connectivity index (χ4n) is 11.4. The van der Waals surface area contributed by atoms with Crippen molar-refractivity contribution in [2.45, 2.75) is 5.41 Å². The summed E-state index contributed by atoms with van der Waals surface area (Å²) in [6.07, 6.45) is 0. The van der Waals surface area contributed by atoms with Crippen LogP contribution in [0.1, 0.15) is 22.3 Å². The van der Waals surface area contributed by atoms with Gasteiger partial charge in [0.2, 0.25) is 0 Å². The van der Waals surface area contributed by atoms with Crippen LogP contribution in [0.25, 0.3) is 84.9 Å². The van der Waals surface area contributed by atoms with Crippen LogP contribution in [0.2, 0.25) is 0 Å². The van der Waals surface area contributed by atoms with Crippen molar-refractivity contribution < 1.29 is 0 Å². The molecule has 0 atom stereocenters. The Balaban J connectivity index is 0.921. The van der Waals surface area contributed by atoms with Gasteiger partial charge in [-0.1, -0.05) is 206 Å². The van der Waals surface area contributed by atoms with Crippen LogP contribution in [-0.4, -0.2) is 0 Å². The number of rotatable bonds is 8. The Morgan fingerprint density at radius 2 is 0.800 bits per heavy atom. The molecular weight excluding hydrogens is 883 g/mol. The molecule has 13 aromatic rings. The number of hydrogen-bond acceptors (Lipinski definition) is 3. The van der Waals surface area contributed by atoms with Gasteiger partial charge < -0.3 is 4.90 Å². The first-order valence-electron chi connectivity index (χ1n) is 24.0. The molecular formula is C67H43NS2. The van der Waals surface area contributed by atoms with Crippen LogP contribution < -0.4 is 4.90 Å². The van der Waals surface area contributed by atoms with Gasteiger partial charge in [-0.2, -0.15) is 0 Å². The molecule has 0 amide bonds. The normalized spacial score (nSPS) is 12.7. The fraction of sp³-hybridized carbons (Fsp3) is 0.0149. The average Bonchev–Trinajstić information content (AvgIpc) is 4.11. The second-order valence-corrected chi connectivity index (χ2v) is 20.5. The number of anilines is 3. The smallest absolute Gasteiger partial charge is 0.0714 e. The van der Waals surface area contributed by atoms with Crippen LogP contribution >= 0.6 is 22.7 Å². The van der Waals surface area contributed by atoms with Gasteiger partial charge in [0.15, 0.2) is 0 Å². The molecule has 0 unspecified atom stereocenters. The number of nitrogens with zero attached hydrogens (tertiary/aromatic N) is 1. The maximum atomic E-state index is 2.48. The molecule has 70 heavy (non-hydrogen) atoms. The molecule has 3 heteroatoms. The van der Waals surface area contributed by atoms with Crippen molar-refractivity contribution in [3.63, 3.8) is 0 Å². The molecule has 2 aromatic heterocycles. The largest absolute Gasteiger partial charge is 0.310 e. The van der Waals surface area contributed by atoms with E-state index in [0.717, 1.165) is 17.1 Å². The van der Waals surface area contributed by atoms with Crippen LogP contribution in [0.3, 0.4) is 0 Å². The number of benzene rings is 11. The lowest BCUT2D eigenvalue weighted by atomic mass is 9.68. The summed E-state index contributed by atoms with van der Waals surface area (Å²) in [6, 6.07) is 96.8. The highest BCUT2D eigenvalue weighted by Gasteiger charge is 2.47. The van der Waals surface area contributed by atoms with E-state index < -0.39 is 5.41 Å². The van der Waals surface area contributed by atoms with E-state index in [4.69, 9.17) is 0 Å². The molecule has 328 valence electrons. The molecule has 0 saturated heterocycles. The lowest BCUT2D eigenvalue weighted by Crippen LogP contribution is -2.28. The highest BCUT2D eigenvalue weighted by Crippen LogP contribution is 2.59. The molecule has 0 bridgehead atoms. The van der Waals surface area contributed by atoms with Gasteiger partial charge >= 0.3 is 0 Å². The van der Waals surface area contributed by atoms with Crippen molar-refractivity contribution in [1.29, 1.82) is 0 Å². The summed E-state index contributed by atoms with van der Waals surface area (Å²) >= 11 is 3.75. The summed E-state index contributed by atoms with van der Waals surface area (Å²) in [5.41, 5.74) is 17.7. The van der Waals surface area contributed by atoms with Gasteiger partial charge in [-0.15, -0.1) is 22.7 Å². The van der Waals surface area contributed by atoms with Crippen LogP contribution in [0.4, 0.5) is 17.1 Å². The summed E-state index contributed by atoms with van der Waals surface area (Å²) in [5.74, 6) is 0. The molecule has 0 radical (unpaired) electrons. The fourth-order valence-corrected chi connectivity index (χ4v) is 13.8. The molecule has 0 N–H and O–H groups in total. The number of fused-ring (bicyclic) bond motifs is 9. The van der Waals surface area contributed by atoms with Crippen LogP contribution in [0, 0.1) is 0 Å². The minimum atomic E-state index is -0.514. The average molecular weight is 926 g/mol. The van der Waals surface area contributed by atoms with E-state index in [1.165, 1.54) is 107 Å². The van der Waals surface area contributed by atoms with Crippen molar-refractivity contribution in [3.8, 4) is 44.5 Å². The number of thiophene rings is 2. The van der Waals surface area contributed by atoms with E-state index in [1.807, 2.05) is 22.7 Å². The second kappa shape index (κ2) is 16.4. The quantitative estimate of drug-likeness (QED) is 0.147. The van der Waals surface area contributed by atoms with Gasteiger partial charge in [0.1, 0.15) is 0 Å². The highest BCUT2D eigenvalue weighted by molar-refractivity contribution is 7.26. The van der Waals surface area contributed by atoms with Gasteiger partial charge in [-0.3, -0.25) is 0 Å². The second-order valence-electron chi connectivity index (χ2n) is 18.3. The van der Waals surface area contributed by atoms with Crippen molar-refractivity contribution >= 4 is 80.1 Å². The van der Waals surface area contributed by atoms with E-state index in [1.54, 1.807) is 0 Å². The maximum absolute atomic E-state index is 2.48. The van der Waals surface area contributed by atoms with Gasteiger partial charge in [-0.25, -0.2) is 0 Å². The molecule has 0 saturated carbocycles. The summed E-state index contributed by atoms with van der Waals surface area (Å²) < 4.78 is 5.29.